The Morgan fingerprint density at radius 2 is 0.938 bits per heavy atom. The van der Waals surface area contributed by atoms with E-state index >= 15 is 0 Å². The van der Waals surface area contributed by atoms with Crippen LogP contribution in [0.2, 0.25) is 0 Å². The zero-order valence-electron chi connectivity index (χ0n) is 19.7. The van der Waals surface area contributed by atoms with Crippen molar-refractivity contribution in [3.05, 3.63) is 0 Å². The Kier molecular flexibility index (Phi) is 23.0. The van der Waals surface area contributed by atoms with Gasteiger partial charge in [0.25, 0.3) is 0 Å². The Labute approximate surface area is 205 Å². The minimum atomic E-state index is -0.165. The van der Waals surface area contributed by atoms with Crippen LogP contribution in [0.5, 0.6) is 0 Å². The second-order valence-electron chi connectivity index (χ2n) is 8.07. The van der Waals surface area contributed by atoms with Crippen LogP contribution in [-0.2, 0) is 0 Å². The zero-order valence-corrected chi connectivity index (χ0v) is 21.2. The highest BCUT2D eigenvalue weighted by Gasteiger charge is 2.12. The van der Waals surface area contributed by atoms with Crippen molar-refractivity contribution in [2.75, 3.05) is 72.0 Å². The monoisotopic (exact) mass is 498 g/mol. The standard InChI is InChI=1S/C10H23Cl2N5.C10H25N5/c11-10-9-16-6-5-14-2-1-13-3-4-15-7-8-17(10)12;1-2-4-6-8-10-12-14-15-13-11-9-7-5-3-1/h10,13-16H,1-9H2;11-15H,1-10H2. The molecule has 9 N–H and O–H groups in total. The molecule has 1 atom stereocenters. The second-order valence-corrected chi connectivity index (χ2v) is 9.01. The van der Waals surface area contributed by atoms with E-state index in [9.17, 15) is 0 Å². The van der Waals surface area contributed by atoms with Crippen molar-refractivity contribution in [3.63, 3.8) is 0 Å². The van der Waals surface area contributed by atoms with Gasteiger partial charge in [0, 0.05) is 72.0 Å². The molecule has 12 heteroatoms. The van der Waals surface area contributed by atoms with Crippen molar-refractivity contribution in [2.45, 2.75) is 56.9 Å². The van der Waals surface area contributed by atoms with Crippen LogP contribution in [0.4, 0.5) is 0 Å². The number of hydrogen-bond acceptors (Lipinski definition) is 10. The van der Waals surface area contributed by atoms with Crippen molar-refractivity contribution in [1.29, 1.82) is 0 Å². The molecule has 0 bridgehead atoms. The fourth-order valence-electron chi connectivity index (χ4n) is 3.28. The topological polar surface area (TPSA) is 112 Å². The van der Waals surface area contributed by atoms with Crippen molar-refractivity contribution < 1.29 is 0 Å². The predicted molar refractivity (Wildman–Crippen MR) is 136 cm³/mol. The lowest BCUT2D eigenvalue weighted by Crippen LogP contribution is -2.55. The Balaban J connectivity index is 0.000000323. The SMILES string of the molecule is C1CCCCCNNNNNCCCC1.ClC1CNCCNCCNCCNCCN1Cl. The quantitative estimate of drug-likeness (QED) is 0.129. The van der Waals surface area contributed by atoms with Crippen molar-refractivity contribution in [2.24, 2.45) is 0 Å². The van der Waals surface area contributed by atoms with Crippen LogP contribution >= 0.6 is 23.4 Å². The average Bonchev–Trinajstić information content (AvgIpc) is 2.82. The van der Waals surface area contributed by atoms with Gasteiger partial charge in [0.2, 0.25) is 0 Å². The molecular weight excluding hydrogens is 451 g/mol. The minimum Gasteiger partial charge on any atom is -0.314 e. The molecule has 0 spiro atoms. The van der Waals surface area contributed by atoms with E-state index in [1.165, 1.54) is 51.4 Å². The molecule has 2 fully saturated rings. The first-order valence-corrected chi connectivity index (χ1v) is 13.2. The van der Waals surface area contributed by atoms with Gasteiger partial charge in [-0.1, -0.05) is 38.5 Å². The van der Waals surface area contributed by atoms with Gasteiger partial charge < -0.3 is 21.3 Å². The highest BCUT2D eigenvalue weighted by molar-refractivity contribution is 6.25. The van der Waals surface area contributed by atoms with E-state index in [4.69, 9.17) is 23.4 Å². The molecule has 0 radical (unpaired) electrons. The van der Waals surface area contributed by atoms with Gasteiger partial charge in [0.05, 0.1) is 0 Å². The predicted octanol–water partition coefficient (Wildman–Crippen LogP) is 0.108. The number of halogens is 2. The molecule has 0 aliphatic carbocycles. The van der Waals surface area contributed by atoms with Crippen molar-refractivity contribution >= 4 is 23.4 Å². The lowest BCUT2D eigenvalue weighted by atomic mass is 10.1. The molecule has 0 saturated carbocycles. The third-order valence-corrected chi connectivity index (χ3v) is 6.10. The smallest absolute Gasteiger partial charge is 0.111 e. The van der Waals surface area contributed by atoms with E-state index in [2.05, 4.69) is 48.7 Å². The van der Waals surface area contributed by atoms with Gasteiger partial charge >= 0.3 is 0 Å². The second kappa shape index (κ2) is 24.3. The summed E-state index contributed by atoms with van der Waals surface area (Å²) in [5.74, 6) is 0. The summed E-state index contributed by atoms with van der Waals surface area (Å²) in [5.41, 5.74) is 14.6. The molecule has 0 aromatic heterocycles. The third-order valence-electron chi connectivity index (χ3n) is 5.21. The molecule has 0 amide bonds. The fourth-order valence-corrected chi connectivity index (χ4v) is 3.64. The van der Waals surface area contributed by atoms with Crippen LogP contribution in [0, 0.1) is 0 Å². The van der Waals surface area contributed by atoms with Crippen LogP contribution in [0.25, 0.3) is 0 Å². The molecule has 0 aromatic carbocycles. The molecule has 0 aromatic rings. The first kappa shape index (κ1) is 30.2. The van der Waals surface area contributed by atoms with Gasteiger partial charge in [0.15, 0.2) is 0 Å². The van der Waals surface area contributed by atoms with E-state index in [0.29, 0.717) is 6.54 Å². The molecule has 2 aliphatic heterocycles. The summed E-state index contributed by atoms with van der Waals surface area (Å²) in [7, 11) is 0. The number of alkyl halides is 1. The summed E-state index contributed by atoms with van der Waals surface area (Å²) in [5, 5.41) is 13.3. The van der Waals surface area contributed by atoms with E-state index in [-0.39, 0.29) is 5.50 Å². The molecule has 2 aliphatic rings. The van der Waals surface area contributed by atoms with Gasteiger partial charge in [-0.15, -0.1) is 11.6 Å². The van der Waals surface area contributed by atoms with Gasteiger partial charge in [-0.25, -0.2) is 10.9 Å². The van der Waals surface area contributed by atoms with Crippen LogP contribution in [0.15, 0.2) is 0 Å². The van der Waals surface area contributed by atoms with Crippen LogP contribution in [0.3, 0.4) is 0 Å². The number of nitrogens with zero attached hydrogens (tertiary/aromatic N) is 1. The number of nitrogens with one attached hydrogen (secondary N) is 9. The first-order chi connectivity index (χ1) is 15.8. The maximum atomic E-state index is 6.14. The first-order valence-electron chi connectivity index (χ1n) is 12.4. The number of hydrogen-bond donors (Lipinski definition) is 9. The van der Waals surface area contributed by atoms with Gasteiger partial charge in [0.1, 0.15) is 5.50 Å². The fraction of sp³-hybridized carbons (Fsp3) is 1.00. The normalized spacial score (nSPS) is 26.2. The van der Waals surface area contributed by atoms with Crippen molar-refractivity contribution in [1.82, 2.24) is 53.1 Å². The maximum absolute atomic E-state index is 6.14. The lowest BCUT2D eigenvalue weighted by molar-refractivity contribution is 0.322. The molecule has 1 unspecified atom stereocenters. The molecular formula is C20H48Cl2N10. The van der Waals surface area contributed by atoms with Gasteiger partial charge in [-0.2, -0.15) is 21.0 Å². The van der Waals surface area contributed by atoms with Gasteiger partial charge in [-0.05, 0) is 24.6 Å². The summed E-state index contributed by atoms with van der Waals surface area (Å²) in [4.78, 5) is 0. The minimum absolute atomic E-state index is 0.165. The van der Waals surface area contributed by atoms with E-state index in [1.54, 1.807) is 4.42 Å². The van der Waals surface area contributed by atoms with E-state index in [0.717, 1.165) is 65.4 Å². The molecule has 32 heavy (non-hydrogen) atoms. The molecule has 2 saturated heterocycles. The van der Waals surface area contributed by atoms with E-state index in [1.807, 2.05) is 0 Å². The number of hydrazine groups is 4. The largest absolute Gasteiger partial charge is 0.314 e. The summed E-state index contributed by atoms with van der Waals surface area (Å²) in [6.45, 7) is 10.1. The number of rotatable bonds is 0. The molecule has 2 rings (SSSR count). The summed E-state index contributed by atoms with van der Waals surface area (Å²) in [6, 6.07) is 0. The van der Waals surface area contributed by atoms with E-state index < -0.39 is 0 Å². The summed E-state index contributed by atoms with van der Waals surface area (Å²) >= 11 is 12.2. The zero-order chi connectivity index (χ0) is 23.0. The molecule has 2 heterocycles. The molecule has 192 valence electrons. The Morgan fingerprint density at radius 3 is 1.47 bits per heavy atom. The van der Waals surface area contributed by atoms with Crippen LogP contribution in [0.1, 0.15) is 51.4 Å². The van der Waals surface area contributed by atoms with Crippen LogP contribution in [-0.4, -0.2) is 81.9 Å². The Morgan fingerprint density at radius 1 is 0.500 bits per heavy atom. The highest BCUT2D eigenvalue weighted by atomic mass is 35.5. The van der Waals surface area contributed by atoms with Crippen molar-refractivity contribution in [3.8, 4) is 0 Å². The van der Waals surface area contributed by atoms with Gasteiger partial charge in [-0.3, -0.25) is 0 Å². The Hall–Kier alpha value is 0.180. The average molecular weight is 500 g/mol. The lowest BCUT2D eigenvalue weighted by Gasteiger charge is -2.20. The maximum Gasteiger partial charge on any atom is 0.111 e. The third kappa shape index (κ3) is 20.8. The highest BCUT2D eigenvalue weighted by Crippen LogP contribution is 2.08. The summed E-state index contributed by atoms with van der Waals surface area (Å²) < 4.78 is 1.64. The summed E-state index contributed by atoms with van der Waals surface area (Å²) in [6.07, 6.45) is 10.7. The molecule has 10 nitrogen and oxygen atoms in total. The van der Waals surface area contributed by atoms with Crippen LogP contribution < -0.4 is 48.7 Å². The Bertz CT molecular complexity index is 308.